The van der Waals surface area contributed by atoms with Gasteiger partial charge in [0.1, 0.15) is 11.5 Å². The standard InChI is InChI=1S/C21H23NO5/c1-14(25-17-8-6-16(24-2)7-9-17)20(23)22-15-5-10-18-19(13-15)27-21(26-18)11-3-4-12-21/h5-10,13-14H,3-4,11-12H2,1-2H3,(H,22,23). The maximum Gasteiger partial charge on any atom is 0.265 e. The molecule has 1 heterocycles. The van der Waals surface area contributed by atoms with Gasteiger partial charge in [0.15, 0.2) is 17.6 Å². The average Bonchev–Trinajstić information content (AvgIpc) is 3.27. The molecule has 1 N–H and O–H groups in total. The summed E-state index contributed by atoms with van der Waals surface area (Å²) in [7, 11) is 1.60. The average molecular weight is 369 g/mol. The van der Waals surface area contributed by atoms with Crippen LogP contribution in [0.3, 0.4) is 0 Å². The Balaban J connectivity index is 1.38. The minimum absolute atomic E-state index is 0.236. The third-order valence-corrected chi connectivity index (χ3v) is 4.91. The number of carbonyl (C=O) groups is 1. The highest BCUT2D eigenvalue weighted by Crippen LogP contribution is 2.47. The van der Waals surface area contributed by atoms with E-state index in [0.717, 1.165) is 37.2 Å². The number of hydrogen-bond acceptors (Lipinski definition) is 5. The summed E-state index contributed by atoms with van der Waals surface area (Å²) < 4.78 is 22.8. The topological polar surface area (TPSA) is 66.0 Å². The molecule has 0 radical (unpaired) electrons. The van der Waals surface area contributed by atoms with Crippen LogP contribution in [0.2, 0.25) is 0 Å². The van der Waals surface area contributed by atoms with E-state index in [9.17, 15) is 4.79 Å². The minimum atomic E-state index is -0.648. The fraction of sp³-hybridized carbons (Fsp3) is 0.381. The molecule has 142 valence electrons. The highest BCUT2D eigenvalue weighted by atomic mass is 16.7. The van der Waals surface area contributed by atoms with E-state index in [2.05, 4.69) is 5.32 Å². The smallest absolute Gasteiger partial charge is 0.265 e. The maximum absolute atomic E-state index is 12.5. The number of anilines is 1. The zero-order chi connectivity index (χ0) is 18.9. The molecule has 2 aromatic carbocycles. The molecule has 1 atom stereocenters. The van der Waals surface area contributed by atoms with Crippen LogP contribution in [-0.4, -0.2) is 24.9 Å². The van der Waals surface area contributed by atoms with Gasteiger partial charge in [-0.3, -0.25) is 4.79 Å². The monoisotopic (exact) mass is 369 g/mol. The van der Waals surface area contributed by atoms with Crippen LogP contribution in [0.15, 0.2) is 42.5 Å². The molecule has 27 heavy (non-hydrogen) atoms. The summed E-state index contributed by atoms with van der Waals surface area (Å²) in [5.41, 5.74) is 0.655. The van der Waals surface area contributed by atoms with E-state index >= 15 is 0 Å². The number of amides is 1. The fourth-order valence-corrected chi connectivity index (χ4v) is 3.45. The number of rotatable bonds is 5. The first-order chi connectivity index (χ1) is 13.1. The number of nitrogens with one attached hydrogen (secondary N) is 1. The molecule has 6 heteroatoms. The molecular formula is C21H23NO5. The Morgan fingerprint density at radius 2 is 1.70 bits per heavy atom. The van der Waals surface area contributed by atoms with Gasteiger partial charge in [0.05, 0.1) is 7.11 Å². The second kappa shape index (κ2) is 7.02. The van der Waals surface area contributed by atoms with E-state index in [0.29, 0.717) is 17.2 Å². The van der Waals surface area contributed by atoms with Gasteiger partial charge in [-0.15, -0.1) is 0 Å². The van der Waals surface area contributed by atoms with Gasteiger partial charge in [0.2, 0.25) is 0 Å². The van der Waals surface area contributed by atoms with Crippen molar-refractivity contribution in [3.63, 3.8) is 0 Å². The lowest BCUT2D eigenvalue weighted by atomic mass is 10.2. The third kappa shape index (κ3) is 3.65. The number of ether oxygens (including phenoxy) is 4. The van der Waals surface area contributed by atoms with Crippen molar-refractivity contribution in [2.75, 3.05) is 12.4 Å². The molecule has 2 aromatic rings. The summed E-state index contributed by atoms with van der Waals surface area (Å²) in [4.78, 5) is 12.5. The van der Waals surface area contributed by atoms with Gasteiger partial charge in [-0.2, -0.15) is 0 Å². The summed E-state index contributed by atoms with van der Waals surface area (Å²) in [6, 6.07) is 12.6. The first-order valence-electron chi connectivity index (χ1n) is 9.21. The summed E-state index contributed by atoms with van der Waals surface area (Å²) in [6.07, 6.45) is 3.37. The molecule has 1 fully saturated rings. The Labute approximate surface area is 158 Å². The van der Waals surface area contributed by atoms with Crippen molar-refractivity contribution in [2.45, 2.75) is 44.5 Å². The number of methoxy groups -OCH3 is 1. The summed E-state index contributed by atoms with van der Waals surface area (Å²) in [5.74, 6) is 2.01. The van der Waals surface area contributed by atoms with E-state index in [4.69, 9.17) is 18.9 Å². The lowest BCUT2D eigenvalue weighted by Gasteiger charge is -2.21. The lowest BCUT2D eigenvalue weighted by molar-refractivity contribution is -0.122. The molecule has 0 saturated heterocycles. The van der Waals surface area contributed by atoms with Crippen LogP contribution in [0.1, 0.15) is 32.6 Å². The van der Waals surface area contributed by atoms with Gasteiger partial charge in [-0.1, -0.05) is 0 Å². The van der Waals surface area contributed by atoms with Gasteiger partial charge >= 0.3 is 0 Å². The van der Waals surface area contributed by atoms with E-state index in [1.165, 1.54) is 0 Å². The third-order valence-electron chi connectivity index (χ3n) is 4.91. The summed E-state index contributed by atoms with van der Waals surface area (Å²) in [6.45, 7) is 1.71. The van der Waals surface area contributed by atoms with Crippen molar-refractivity contribution in [2.24, 2.45) is 0 Å². The molecular weight excluding hydrogens is 346 g/mol. The van der Waals surface area contributed by atoms with Crippen LogP contribution in [0.4, 0.5) is 5.69 Å². The highest BCUT2D eigenvalue weighted by molar-refractivity contribution is 5.94. The van der Waals surface area contributed by atoms with Crippen molar-refractivity contribution in [3.05, 3.63) is 42.5 Å². The summed E-state index contributed by atoms with van der Waals surface area (Å²) in [5, 5.41) is 2.87. The van der Waals surface area contributed by atoms with E-state index in [1.54, 1.807) is 44.4 Å². The second-order valence-electron chi connectivity index (χ2n) is 6.91. The summed E-state index contributed by atoms with van der Waals surface area (Å²) >= 11 is 0. The Hall–Kier alpha value is -2.89. The Bertz CT molecular complexity index is 827. The molecule has 1 spiro atoms. The van der Waals surface area contributed by atoms with Crippen molar-refractivity contribution in [1.29, 1.82) is 0 Å². The SMILES string of the molecule is COc1ccc(OC(C)C(=O)Nc2ccc3c(c2)OC2(CCCC2)O3)cc1. The first-order valence-corrected chi connectivity index (χ1v) is 9.21. The van der Waals surface area contributed by atoms with Gasteiger partial charge < -0.3 is 24.3 Å². The fourth-order valence-electron chi connectivity index (χ4n) is 3.45. The highest BCUT2D eigenvalue weighted by Gasteiger charge is 2.44. The normalized spacial score (nSPS) is 17.6. The lowest BCUT2D eigenvalue weighted by Crippen LogP contribution is -2.34. The van der Waals surface area contributed by atoms with E-state index < -0.39 is 11.9 Å². The molecule has 1 saturated carbocycles. The van der Waals surface area contributed by atoms with Crippen molar-refractivity contribution < 1.29 is 23.7 Å². The molecule has 0 aromatic heterocycles. The van der Waals surface area contributed by atoms with Gasteiger partial charge in [-0.25, -0.2) is 0 Å². The number of benzene rings is 2. The molecule has 0 bridgehead atoms. The molecule has 1 unspecified atom stereocenters. The van der Waals surface area contributed by atoms with E-state index in [-0.39, 0.29) is 5.91 Å². The van der Waals surface area contributed by atoms with Crippen LogP contribution in [-0.2, 0) is 4.79 Å². The first kappa shape index (κ1) is 17.5. The van der Waals surface area contributed by atoms with Gasteiger partial charge in [-0.05, 0) is 56.2 Å². The van der Waals surface area contributed by atoms with Crippen LogP contribution in [0, 0.1) is 0 Å². The van der Waals surface area contributed by atoms with E-state index in [1.807, 2.05) is 12.1 Å². The predicted octanol–water partition coefficient (Wildman–Crippen LogP) is 4.14. The Morgan fingerprint density at radius 1 is 1.04 bits per heavy atom. The maximum atomic E-state index is 12.5. The molecule has 1 amide bonds. The second-order valence-corrected chi connectivity index (χ2v) is 6.91. The predicted molar refractivity (Wildman–Crippen MR) is 101 cm³/mol. The van der Waals surface area contributed by atoms with Crippen LogP contribution >= 0.6 is 0 Å². The van der Waals surface area contributed by atoms with Crippen molar-refractivity contribution in [3.8, 4) is 23.0 Å². The Morgan fingerprint density at radius 3 is 2.41 bits per heavy atom. The van der Waals surface area contributed by atoms with Crippen LogP contribution in [0.25, 0.3) is 0 Å². The zero-order valence-electron chi connectivity index (χ0n) is 15.5. The van der Waals surface area contributed by atoms with Crippen molar-refractivity contribution >= 4 is 11.6 Å². The van der Waals surface area contributed by atoms with Gasteiger partial charge in [0.25, 0.3) is 11.7 Å². The van der Waals surface area contributed by atoms with Crippen molar-refractivity contribution in [1.82, 2.24) is 0 Å². The largest absolute Gasteiger partial charge is 0.497 e. The molecule has 4 rings (SSSR count). The molecule has 1 aliphatic carbocycles. The quantitative estimate of drug-likeness (QED) is 0.858. The number of fused-ring (bicyclic) bond motifs is 1. The molecule has 1 aliphatic heterocycles. The minimum Gasteiger partial charge on any atom is -0.497 e. The van der Waals surface area contributed by atoms with Gasteiger partial charge in [0, 0.05) is 24.6 Å². The van der Waals surface area contributed by atoms with Crippen LogP contribution < -0.4 is 24.3 Å². The number of hydrogen-bond donors (Lipinski definition) is 1. The zero-order valence-corrected chi connectivity index (χ0v) is 15.5. The Kier molecular flexibility index (Phi) is 4.56. The molecule has 6 nitrogen and oxygen atoms in total. The number of carbonyl (C=O) groups excluding carboxylic acids is 1. The molecule has 2 aliphatic rings. The van der Waals surface area contributed by atoms with Crippen LogP contribution in [0.5, 0.6) is 23.0 Å².